The third kappa shape index (κ3) is 2.02. The fraction of sp³-hybridized carbons (Fsp3) is 0.727. The van der Waals surface area contributed by atoms with Crippen molar-refractivity contribution in [2.75, 3.05) is 5.33 Å². The minimum absolute atomic E-state index is 0.690. The van der Waals surface area contributed by atoms with E-state index in [4.69, 9.17) is 0 Å². The van der Waals surface area contributed by atoms with Crippen LogP contribution in [0.5, 0.6) is 0 Å². The Balaban J connectivity index is 2.14. The zero-order valence-corrected chi connectivity index (χ0v) is 10.3. The number of halogens is 1. The van der Waals surface area contributed by atoms with Gasteiger partial charge in [0.15, 0.2) is 0 Å². The van der Waals surface area contributed by atoms with Gasteiger partial charge in [0.2, 0.25) is 0 Å². The second-order valence-electron chi connectivity index (χ2n) is 4.26. The lowest BCUT2D eigenvalue weighted by Crippen LogP contribution is -2.13. The SMILES string of the molecule is CC(CBr)Cn1cnc2c1CCCC2. The Bertz CT molecular complexity index is 306. The molecule has 2 rings (SSSR count). The number of rotatable bonds is 3. The van der Waals surface area contributed by atoms with E-state index in [0.717, 1.165) is 11.9 Å². The Morgan fingerprint density at radius 2 is 2.29 bits per heavy atom. The largest absolute Gasteiger partial charge is 0.334 e. The summed E-state index contributed by atoms with van der Waals surface area (Å²) < 4.78 is 2.35. The number of fused-ring (bicyclic) bond motifs is 1. The fourth-order valence-corrected chi connectivity index (χ4v) is 2.28. The first-order valence-electron chi connectivity index (χ1n) is 5.40. The van der Waals surface area contributed by atoms with E-state index < -0.39 is 0 Å². The van der Waals surface area contributed by atoms with Gasteiger partial charge in [-0.2, -0.15) is 0 Å². The van der Waals surface area contributed by atoms with Gasteiger partial charge in [-0.05, 0) is 31.6 Å². The van der Waals surface area contributed by atoms with Gasteiger partial charge in [-0.1, -0.05) is 22.9 Å². The predicted octanol–water partition coefficient (Wildman–Crippen LogP) is 2.79. The highest BCUT2D eigenvalue weighted by molar-refractivity contribution is 9.09. The Hall–Kier alpha value is -0.310. The van der Waals surface area contributed by atoms with Crippen LogP contribution in [0, 0.1) is 5.92 Å². The smallest absolute Gasteiger partial charge is 0.0951 e. The Kier molecular flexibility index (Phi) is 3.26. The van der Waals surface area contributed by atoms with Gasteiger partial charge < -0.3 is 4.57 Å². The van der Waals surface area contributed by atoms with Gasteiger partial charge in [-0.15, -0.1) is 0 Å². The van der Waals surface area contributed by atoms with Crippen molar-refractivity contribution in [2.24, 2.45) is 5.92 Å². The molecular weight excluding hydrogens is 240 g/mol. The van der Waals surface area contributed by atoms with E-state index in [2.05, 4.69) is 32.4 Å². The van der Waals surface area contributed by atoms with Crippen LogP contribution in [0.1, 0.15) is 31.2 Å². The van der Waals surface area contributed by atoms with Crippen molar-refractivity contribution >= 4 is 15.9 Å². The van der Waals surface area contributed by atoms with Crippen molar-refractivity contribution in [3.05, 3.63) is 17.7 Å². The predicted molar refractivity (Wildman–Crippen MR) is 61.8 cm³/mol. The van der Waals surface area contributed by atoms with E-state index in [9.17, 15) is 0 Å². The first-order valence-corrected chi connectivity index (χ1v) is 6.52. The zero-order chi connectivity index (χ0) is 9.97. The van der Waals surface area contributed by atoms with Crippen LogP contribution in [0.25, 0.3) is 0 Å². The molecule has 0 saturated carbocycles. The second-order valence-corrected chi connectivity index (χ2v) is 4.90. The molecule has 0 aliphatic heterocycles. The molecule has 0 saturated heterocycles. The minimum Gasteiger partial charge on any atom is -0.334 e. The molecular formula is C11H17BrN2. The van der Waals surface area contributed by atoms with Crippen LogP contribution in [0.4, 0.5) is 0 Å². The number of imidazole rings is 1. The highest BCUT2D eigenvalue weighted by Gasteiger charge is 2.15. The molecule has 1 aliphatic rings. The summed E-state index contributed by atoms with van der Waals surface area (Å²) in [5.74, 6) is 0.690. The van der Waals surface area contributed by atoms with E-state index >= 15 is 0 Å². The van der Waals surface area contributed by atoms with E-state index in [1.54, 1.807) is 0 Å². The normalized spacial score (nSPS) is 17.9. The Labute approximate surface area is 93.9 Å². The first kappa shape index (κ1) is 10.2. The summed E-state index contributed by atoms with van der Waals surface area (Å²) in [5, 5.41) is 1.07. The van der Waals surface area contributed by atoms with E-state index in [1.807, 2.05) is 6.33 Å². The van der Waals surface area contributed by atoms with Crippen molar-refractivity contribution in [3.63, 3.8) is 0 Å². The minimum atomic E-state index is 0.690. The van der Waals surface area contributed by atoms with Gasteiger partial charge in [0.25, 0.3) is 0 Å². The first-order chi connectivity index (χ1) is 6.81. The summed E-state index contributed by atoms with van der Waals surface area (Å²) in [5.41, 5.74) is 2.84. The molecule has 0 bridgehead atoms. The van der Waals surface area contributed by atoms with Crippen LogP contribution in [-0.2, 0) is 19.4 Å². The molecule has 1 aliphatic carbocycles. The van der Waals surface area contributed by atoms with Gasteiger partial charge in [0.1, 0.15) is 0 Å². The molecule has 0 radical (unpaired) electrons. The molecule has 14 heavy (non-hydrogen) atoms. The van der Waals surface area contributed by atoms with Gasteiger partial charge >= 0.3 is 0 Å². The van der Waals surface area contributed by atoms with Crippen molar-refractivity contribution in [3.8, 4) is 0 Å². The van der Waals surface area contributed by atoms with Gasteiger partial charge in [0.05, 0.1) is 12.0 Å². The maximum absolute atomic E-state index is 4.49. The zero-order valence-electron chi connectivity index (χ0n) is 8.67. The highest BCUT2D eigenvalue weighted by Crippen LogP contribution is 2.20. The maximum Gasteiger partial charge on any atom is 0.0951 e. The second kappa shape index (κ2) is 4.47. The summed E-state index contributed by atoms with van der Waals surface area (Å²) in [6, 6.07) is 0. The van der Waals surface area contributed by atoms with E-state index in [-0.39, 0.29) is 0 Å². The standard InChI is InChI=1S/C11H17BrN2/c1-9(6-12)7-14-8-13-10-4-2-3-5-11(10)14/h8-9H,2-7H2,1H3. The van der Waals surface area contributed by atoms with Gasteiger partial charge in [-0.3, -0.25) is 0 Å². The summed E-state index contributed by atoms with van der Waals surface area (Å²) in [7, 11) is 0. The number of nitrogens with zero attached hydrogens (tertiary/aromatic N) is 2. The van der Waals surface area contributed by atoms with Crippen LogP contribution in [0.3, 0.4) is 0 Å². The third-order valence-electron chi connectivity index (χ3n) is 2.88. The van der Waals surface area contributed by atoms with Crippen LogP contribution in [0.15, 0.2) is 6.33 Å². The Morgan fingerprint density at radius 1 is 1.50 bits per heavy atom. The summed E-state index contributed by atoms with van der Waals surface area (Å²) in [6.45, 7) is 3.37. The fourth-order valence-electron chi connectivity index (χ4n) is 2.07. The van der Waals surface area contributed by atoms with Gasteiger partial charge in [0, 0.05) is 17.6 Å². The van der Waals surface area contributed by atoms with Crippen molar-refractivity contribution in [1.82, 2.24) is 9.55 Å². The van der Waals surface area contributed by atoms with Crippen LogP contribution >= 0.6 is 15.9 Å². The molecule has 1 atom stereocenters. The molecule has 0 fully saturated rings. The molecule has 1 heterocycles. The molecule has 3 heteroatoms. The number of hydrogen-bond donors (Lipinski definition) is 0. The number of hydrogen-bond acceptors (Lipinski definition) is 1. The van der Waals surface area contributed by atoms with Crippen molar-refractivity contribution in [2.45, 2.75) is 39.2 Å². The lowest BCUT2D eigenvalue weighted by atomic mass is 10.0. The maximum atomic E-state index is 4.49. The number of alkyl halides is 1. The molecule has 0 aromatic carbocycles. The quantitative estimate of drug-likeness (QED) is 0.761. The molecule has 2 nitrogen and oxygen atoms in total. The van der Waals surface area contributed by atoms with Gasteiger partial charge in [-0.25, -0.2) is 4.98 Å². The highest BCUT2D eigenvalue weighted by atomic mass is 79.9. The van der Waals surface area contributed by atoms with E-state index in [0.29, 0.717) is 5.92 Å². The average Bonchev–Trinajstić information content (AvgIpc) is 2.62. The van der Waals surface area contributed by atoms with Crippen LogP contribution in [0.2, 0.25) is 0 Å². The molecule has 1 unspecified atom stereocenters. The average molecular weight is 257 g/mol. The van der Waals surface area contributed by atoms with Crippen LogP contribution < -0.4 is 0 Å². The van der Waals surface area contributed by atoms with E-state index in [1.165, 1.54) is 37.1 Å². The molecule has 1 aromatic heterocycles. The topological polar surface area (TPSA) is 17.8 Å². The lowest BCUT2D eigenvalue weighted by molar-refractivity contribution is 0.507. The summed E-state index contributed by atoms with van der Waals surface area (Å²) >= 11 is 3.52. The number of aryl methyl sites for hydroxylation is 1. The van der Waals surface area contributed by atoms with Crippen molar-refractivity contribution in [1.29, 1.82) is 0 Å². The summed E-state index contributed by atoms with van der Waals surface area (Å²) in [4.78, 5) is 4.49. The summed E-state index contributed by atoms with van der Waals surface area (Å²) in [6.07, 6.45) is 7.09. The van der Waals surface area contributed by atoms with Crippen molar-refractivity contribution < 1.29 is 0 Å². The molecule has 0 N–H and O–H groups in total. The lowest BCUT2D eigenvalue weighted by Gasteiger charge is -2.16. The molecule has 0 amide bonds. The monoisotopic (exact) mass is 256 g/mol. The molecule has 78 valence electrons. The third-order valence-corrected chi connectivity index (χ3v) is 3.99. The molecule has 0 spiro atoms. The Morgan fingerprint density at radius 3 is 3.07 bits per heavy atom. The van der Waals surface area contributed by atoms with Crippen LogP contribution in [-0.4, -0.2) is 14.9 Å². The molecule has 1 aromatic rings. The number of aromatic nitrogens is 2.